The molecule has 2 aromatic carbocycles. The lowest BCUT2D eigenvalue weighted by Gasteiger charge is -2.11. The van der Waals surface area contributed by atoms with Crippen molar-refractivity contribution in [3.63, 3.8) is 0 Å². The SMILES string of the molecule is CC(C)C(C=Cc1cccc2ccccc12)C(=O)O. The van der Waals surface area contributed by atoms with Gasteiger partial charge in [-0.25, -0.2) is 0 Å². The fourth-order valence-corrected chi connectivity index (χ4v) is 2.19. The molecule has 0 spiro atoms. The second-order valence-electron chi connectivity index (χ2n) is 5.04. The molecule has 1 atom stereocenters. The van der Waals surface area contributed by atoms with Crippen molar-refractivity contribution < 1.29 is 9.90 Å². The number of carboxylic acids is 1. The Morgan fingerprint density at radius 1 is 1.11 bits per heavy atom. The van der Waals surface area contributed by atoms with Gasteiger partial charge in [-0.3, -0.25) is 4.79 Å². The van der Waals surface area contributed by atoms with E-state index in [1.807, 2.05) is 44.2 Å². The zero-order valence-corrected chi connectivity index (χ0v) is 11.2. The first kappa shape index (κ1) is 13.3. The molecule has 0 bridgehead atoms. The van der Waals surface area contributed by atoms with Crippen LogP contribution in [0.4, 0.5) is 0 Å². The number of fused-ring (bicyclic) bond motifs is 1. The first-order valence-corrected chi connectivity index (χ1v) is 6.48. The topological polar surface area (TPSA) is 37.3 Å². The summed E-state index contributed by atoms with van der Waals surface area (Å²) in [5.41, 5.74) is 1.06. The Labute approximate surface area is 113 Å². The highest BCUT2D eigenvalue weighted by molar-refractivity contribution is 5.90. The summed E-state index contributed by atoms with van der Waals surface area (Å²) in [6.07, 6.45) is 3.70. The number of benzene rings is 2. The molecule has 0 radical (unpaired) electrons. The third-order valence-electron chi connectivity index (χ3n) is 3.31. The third kappa shape index (κ3) is 3.02. The number of aliphatic carboxylic acids is 1. The Morgan fingerprint density at radius 3 is 2.47 bits per heavy atom. The van der Waals surface area contributed by atoms with Crippen molar-refractivity contribution >= 4 is 22.8 Å². The summed E-state index contributed by atoms with van der Waals surface area (Å²) in [6.45, 7) is 3.85. The highest BCUT2D eigenvalue weighted by atomic mass is 16.4. The smallest absolute Gasteiger partial charge is 0.310 e. The van der Waals surface area contributed by atoms with Crippen LogP contribution < -0.4 is 0 Å². The molecule has 0 heterocycles. The van der Waals surface area contributed by atoms with E-state index < -0.39 is 11.9 Å². The van der Waals surface area contributed by atoms with Crippen LogP contribution in [0.2, 0.25) is 0 Å². The van der Waals surface area contributed by atoms with E-state index in [0.717, 1.165) is 10.9 Å². The fourth-order valence-electron chi connectivity index (χ4n) is 2.19. The molecule has 0 aliphatic rings. The summed E-state index contributed by atoms with van der Waals surface area (Å²) in [7, 11) is 0. The maximum Gasteiger partial charge on any atom is 0.310 e. The number of carbonyl (C=O) groups is 1. The van der Waals surface area contributed by atoms with Crippen LogP contribution in [0.25, 0.3) is 16.8 Å². The fraction of sp³-hybridized carbons (Fsp3) is 0.235. The molecule has 2 heteroatoms. The lowest BCUT2D eigenvalue weighted by atomic mass is 9.94. The third-order valence-corrected chi connectivity index (χ3v) is 3.31. The largest absolute Gasteiger partial charge is 0.481 e. The lowest BCUT2D eigenvalue weighted by molar-refractivity contribution is -0.141. The van der Waals surface area contributed by atoms with Gasteiger partial charge in [-0.15, -0.1) is 0 Å². The predicted octanol–water partition coefficient (Wildman–Crippen LogP) is 4.21. The molecule has 19 heavy (non-hydrogen) atoms. The quantitative estimate of drug-likeness (QED) is 0.887. The van der Waals surface area contributed by atoms with E-state index in [9.17, 15) is 9.90 Å². The Hall–Kier alpha value is -2.09. The van der Waals surface area contributed by atoms with Gasteiger partial charge in [0.2, 0.25) is 0 Å². The van der Waals surface area contributed by atoms with Crippen LogP contribution in [0.1, 0.15) is 19.4 Å². The Morgan fingerprint density at radius 2 is 1.79 bits per heavy atom. The van der Waals surface area contributed by atoms with E-state index >= 15 is 0 Å². The van der Waals surface area contributed by atoms with Gasteiger partial charge in [-0.1, -0.05) is 68.5 Å². The maximum atomic E-state index is 11.2. The average Bonchev–Trinajstić information content (AvgIpc) is 2.38. The van der Waals surface area contributed by atoms with Gasteiger partial charge in [-0.2, -0.15) is 0 Å². The highest BCUT2D eigenvalue weighted by Gasteiger charge is 2.17. The molecule has 0 aliphatic carbocycles. The molecule has 98 valence electrons. The summed E-state index contributed by atoms with van der Waals surface area (Å²) in [5.74, 6) is -1.13. The van der Waals surface area contributed by atoms with Crippen LogP contribution in [-0.4, -0.2) is 11.1 Å². The number of rotatable bonds is 4. The van der Waals surface area contributed by atoms with Crippen LogP contribution in [0, 0.1) is 11.8 Å². The minimum atomic E-state index is -0.772. The predicted molar refractivity (Wildman–Crippen MR) is 78.9 cm³/mol. The van der Waals surface area contributed by atoms with Gasteiger partial charge in [0.1, 0.15) is 0 Å². The van der Waals surface area contributed by atoms with Gasteiger partial charge < -0.3 is 5.11 Å². The van der Waals surface area contributed by atoms with E-state index in [-0.39, 0.29) is 5.92 Å². The first-order chi connectivity index (χ1) is 9.09. The van der Waals surface area contributed by atoms with E-state index in [0.29, 0.717) is 0 Å². The molecule has 0 saturated heterocycles. The van der Waals surface area contributed by atoms with Crippen molar-refractivity contribution in [1.29, 1.82) is 0 Å². The van der Waals surface area contributed by atoms with E-state index in [1.54, 1.807) is 6.08 Å². The van der Waals surface area contributed by atoms with Crippen LogP contribution in [0.3, 0.4) is 0 Å². The summed E-state index contributed by atoms with van der Waals surface area (Å²) >= 11 is 0. The monoisotopic (exact) mass is 254 g/mol. The first-order valence-electron chi connectivity index (χ1n) is 6.48. The summed E-state index contributed by atoms with van der Waals surface area (Å²) in [6, 6.07) is 14.2. The van der Waals surface area contributed by atoms with Gasteiger partial charge in [0, 0.05) is 0 Å². The zero-order chi connectivity index (χ0) is 13.8. The Kier molecular flexibility index (Phi) is 4.00. The molecular weight excluding hydrogens is 236 g/mol. The molecule has 0 aromatic heterocycles. The lowest BCUT2D eigenvalue weighted by Crippen LogP contribution is -2.16. The number of hydrogen-bond acceptors (Lipinski definition) is 1. The normalized spacial score (nSPS) is 13.2. The standard InChI is InChI=1S/C17H18O2/c1-12(2)15(17(18)19)11-10-14-8-5-7-13-6-3-4-9-16(13)14/h3-12,15H,1-2H3,(H,18,19). The van der Waals surface area contributed by atoms with Crippen molar-refractivity contribution in [1.82, 2.24) is 0 Å². The number of hydrogen-bond donors (Lipinski definition) is 1. The average molecular weight is 254 g/mol. The number of carboxylic acid groups (broad SMARTS) is 1. The Bertz CT molecular complexity index is 606. The minimum absolute atomic E-state index is 0.0868. The Balaban J connectivity index is 2.38. The summed E-state index contributed by atoms with van der Waals surface area (Å²) in [5, 5.41) is 11.5. The van der Waals surface area contributed by atoms with Crippen LogP contribution in [0.5, 0.6) is 0 Å². The van der Waals surface area contributed by atoms with Crippen molar-refractivity contribution in [2.24, 2.45) is 11.8 Å². The van der Waals surface area contributed by atoms with Gasteiger partial charge in [0.25, 0.3) is 0 Å². The highest BCUT2D eigenvalue weighted by Crippen LogP contribution is 2.21. The molecule has 0 saturated carbocycles. The molecule has 2 nitrogen and oxygen atoms in total. The summed E-state index contributed by atoms with van der Waals surface area (Å²) < 4.78 is 0. The second kappa shape index (κ2) is 5.70. The molecule has 0 aliphatic heterocycles. The molecule has 1 N–H and O–H groups in total. The van der Waals surface area contributed by atoms with Crippen LogP contribution in [0.15, 0.2) is 48.5 Å². The second-order valence-corrected chi connectivity index (χ2v) is 5.04. The molecular formula is C17H18O2. The van der Waals surface area contributed by atoms with Gasteiger partial charge in [0.15, 0.2) is 0 Å². The van der Waals surface area contributed by atoms with Crippen molar-refractivity contribution in [2.75, 3.05) is 0 Å². The van der Waals surface area contributed by atoms with E-state index in [4.69, 9.17) is 0 Å². The van der Waals surface area contributed by atoms with Crippen molar-refractivity contribution in [2.45, 2.75) is 13.8 Å². The minimum Gasteiger partial charge on any atom is -0.481 e. The van der Waals surface area contributed by atoms with Gasteiger partial charge in [0.05, 0.1) is 5.92 Å². The van der Waals surface area contributed by atoms with E-state index in [2.05, 4.69) is 18.2 Å². The van der Waals surface area contributed by atoms with E-state index in [1.165, 1.54) is 5.39 Å². The van der Waals surface area contributed by atoms with Crippen molar-refractivity contribution in [3.8, 4) is 0 Å². The van der Waals surface area contributed by atoms with Crippen LogP contribution in [-0.2, 0) is 4.79 Å². The summed E-state index contributed by atoms with van der Waals surface area (Å²) in [4.78, 5) is 11.2. The zero-order valence-electron chi connectivity index (χ0n) is 11.2. The maximum absolute atomic E-state index is 11.2. The van der Waals surface area contributed by atoms with Crippen LogP contribution >= 0.6 is 0 Å². The molecule has 1 unspecified atom stereocenters. The molecule has 0 fully saturated rings. The van der Waals surface area contributed by atoms with Gasteiger partial charge >= 0.3 is 5.97 Å². The molecule has 2 aromatic rings. The van der Waals surface area contributed by atoms with Gasteiger partial charge in [-0.05, 0) is 22.3 Å². The van der Waals surface area contributed by atoms with Crippen molar-refractivity contribution in [3.05, 3.63) is 54.1 Å². The molecule has 0 amide bonds. The molecule has 2 rings (SSSR count).